The first-order valence-electron chi connectivity index (χ1n) is 6.16. The van der Waals surface area contributed by atoms with Gasteiger partial charge in [-0.2, -0.15) is 0 Å². The SMILES string of the molecule is COCOC[C@@H]1CC=C(NC(=O)OC(C)(C)C)C1. The standard InChI is InChI=1S/C13H23NO4/c1-13(2,3)18-12(15)14-11-6-5-10(7-11)8-17-9-16-4/h6,10H,5,7-9H2,1-4H3,(H,14,15)/t10-/m1/s1. The van der Waals surface area contributed by atoms with E-state index in [9.17, 15) is 4.79 Å². The Kier molecular flexibility index (Phi) is 5.62. The van der Waals surface area contributed by atoms with Crippen molar-refractivity contribution in [3.8, 4) is 0 Å². The van der Waals surface area contributed by atoms with Crippen LogP contribution in [0.5, 0.6) is 0 Å². The molecule has 5 nitrogen and oxygen atoms in total. The van der Waals surface area contributed by atoms with Gasteiger partial charge in [0.25, 0.3) is 0 Å². The number of carbonyl (C=O) groups excluding carboxylic acids is 1. The highest BCUT2D eigenvalue weighted by molar-refractivity contribution is 5.70. The molecule has 1 aliphatic carbocycles. The summed E-state index contributed by atoms with van der Waals surface area (Å²) in [6, 6.07) is 0. The minimum absolute atomic E-state index is 0.311. The predicted molar refractivity (Wildman–Crippen MR) is 68.0 cm³/mol. The monoisotopic (exact) mass is 257 g/mol. The molecule has 0 aromatic carbocycles. The highest BCUT2D eigenvalue weighted by atomic mass is 16.7. The Morgan fingerprint density at radius 3 is 2.83 bits per heavy atom. The van der Waals surface area contributed by atoms with Gasteiger partial charge in [-0.1, -0.05) is 6.08 Å². The van der Waals surface area contributed by atoms with E-state index in [1.165, 1.54) is 0 Å². The second-order valence-electron chi connectivity index (χ2n) is 5.44. The largest absolute Gasteiger partial charge is 0.444 e. The summed E-state index contributed by atoms with van der Waals surface area (Å²) in [5.74, 6) is 0.407. The number of carbonyl (C=O) groups is 1. The Morgan fingerprint density at radius 1 is 1.50 bits per heavy atom. The second-order valence-corrected chi connectivity index (χ2v) is 5.44. The molecule has 1 aliphatic rings. The van der Waals surface area contributed by atoms with Gasteiger partial charge >= 0.3 is 6.09 Å². The van der Waals surface area contributed by atoms with Gasteiger partial charge in [-0.25, -0.2) is 4.79 Å². The van der Waals surface area contributed by atoms with Crippen LogP contribution >= 0.6 is 0 Å². The molecule has 1 atom stereocenters. The first kappa shape index (κ1) is 15.0. The highest BCUT2D eigenvalue weighted by Gasteiger charge is 2.21. The van der Waals surface area contributed by atoms with Crippen LogP contribution in [-0.4, -0.2) is 32.2 Å². The van der Waals surface area contributed by atoms with Gasteiger partial charge in [-0.3, -0.25) is 5.32 Å². The normalized spacial score (nSPS) is 19.6. The second kappa shape index (κ2) is 6.75. The van der Waals surface area contributed by atoms with Crippen molar-refractivity contribution in [3.05, 3.63) is 11.8 Å². The molecule has 1 N–H and O–H groups in total. The molecule has 0 aromatic rings. The Hall–Kier alpha value is -1.07. The maximum atomic E-state index is 11.6. The topological polar surface area (TPSA) is 56.8 Å². The summed E-state index contributed by atoms with van der Waals surface area (Å²) < 4.78 is 15.3. The summed E-state index contributed by atoms with van der Waals surface area (Å²) in [7, 11) is 1.60. The van der Waals surface area contributed by atoms with Gasteiger partial charge in [0.2, 0.25) is 0 Å². The maximum absolute atomic E-state index is 11.6. The minimum Gasteiger partial charge on any atom is -0.444 e. The first-order valence-corrected chi connectivity index (χ1v) is 6.16. The van der Waals surface area contributed by atoms with Crippen LogP contribution < -0.4 is 5.32 Å². The molecule has 18 heavy (non-hydrogen) atoms. The molecule has 0 heterocycles. The molecule has 5 heteroatoms. The zero-order chi connectivity index (χ0) is 13.6. The summed E-state index contributed by atoms with van der Waals surface area (Å²) in [6.07, 6.45) is 3.34. The third-order valence-electron chi connectivity index (χ3n) is 2.42. The van der Waals surface area contributed by atoms with Crippen LogP contribution in [0.15, 0.2) is 11.8 Å². The van der Waals surface area contributed by atoms with Gasteiger partial charge in [0.1, 0.15) is 12.4 Å². The molecule has 0 radical (unpaired) electrons. The van der Waals surface area contributed by atoms with Crippen LogP contribution in [0.2, 0.25) is 0 Å². The van der Waals surface area contributed by atoms with E-state index in [-0.39, 0.29) is 0 Å². The van der Waals surface area contributed by atoms with Gasteiger partial charge in [0, 0.05) is 12.8 Å². The van der Waals surface area contributed by atoms with Crippen molar-refractivity contribution in [2.75, 3.05) is 20.5 Å². The Morgan fingerprint density at radius 2 is 2.22 bits per heavy atom. The van der Waals surface area contributed by atoms with Crippen molar-refractivity contribution in [2.45, 2.75) is 39.2 Å². The van der Waals surface area contributed by atoms with Crippen LogP contribution in [0.3, 0.4) is 0 Å². The fourth-order valence-corrected chi connectivity index (χ4v) is 1.75. The number of hydrogen-bond acceptors (Lipinski definition) is 4. The molecule has 0 saturated heterocycles. The van der Waals surface area contributed by atoms with Crippen molar-refractivity contribution >= 4 is 6.09 Å². The van der Waals surface area contributed by atoms with Gasteiger partial charge in [0.05, 0.1) is 6.61 Å². The Balaban J connectivity index is 2.23. The number of methoxy groups -OCH3 is 1. The van der Waals surface area contributed by atoms with Gasteiger partial charge in [-0.15, -0.1) is 0 Å². The van der Waals surface area contributed by atoms with Crippen molar-refractivity contribution < 1.29 is 19.0 Å². The lowest BCUT2D eigenvalue weighted by molar-refractivity contribution is -0.0422. The maximum Gasteiger partial charge on any atom is 0.411 e. The predicted octanol–water partition coefficient (Wildman–Crippen LogP) is 2.43. The summed E-state index contributed by atoms with van der Waals surface area (Å²) in [5.41, 5.74) is 0.444. The minimum atomic E-state index is -0.468. The van der Waals surface area contributed by atoms with E-state index >= 15 is 0 Å². The lowest BCUT2D eigenvalue weighted by Crippen LogP contribution is -2.32. The van der Waals surface area contributed by atoms with Crippen molar-refractivity contribution in [2.24, 2.45) is 5.92 Å². The molecule has 0 fully saturated rings. The lowest BCUT2D eigenvalue weighted by Gasteiger charge is -2.20. The molecule has 1 rings (SSSR count). The lowest BCUT2D eigenvalue weighted by atomic mass is 10.1. The first-order chi connectivity index (χ1) is 8.40. The van der Waals surface area contributed by atoms with E-state index in [4.69, 9.17) is 14.2 Å². The van der Waals surface area contributed by atoms with Crippen molar-refractivity contribution in [1.29, 1.82) is 0 Å². The molecule has 0 aromatic heterocycles. The van der Waals surface area contributed by atoms with Crippen LogP contribution in [-0.2, 0) is 14.2 Å². The summed E-state index contributed by atoms with van der Waals surface area (Å²) in [5, 5.41) is 2.77. The highest BCUT2D eigenvalue weighted by Crippen LogP contribution is 2.23. The molecule has 0 unspecified atom stereocenters. The molecule has 0 aliphatic heterocycles. The van der Waals surface area contributed by atoms with Gasteiger partial charge in [0.15, 0.2) is 0 Å². The van der Waals surface area contributed by atoms with E-state index in [2.05, 4.69) is 5.32 Å². The van der Waals surface area contributed by atoms with Crippen LogP contribution in [0.25, 0.3) is 0 Å². The number of allylic oxidation sites excluding steroid dienone is 2. The van der Waals surface area contributed by atoms with E-state index in [0.717, 1.165) is 18.5 Å². The van der Waals surface area contributed by atoms with Crippen molar-refractivity contribution in [3.63, 3.8) is 0 Å². The van der Waals surface area contributed by atoms with Gasteiger partial charge in [-0.05, 0) is 39.5 Å². The summed E-state index contributed by atoms with van der Waals surface area (Å²) in [6.45, 7) is 6.49. The van der Waals surface area contributed by atoms with E-state index in [0.29, 0.717) is 19.3 Å². The zero-order valence-electron chi connectivity index (χ0n) is 11.6. The molecule has 0 spiro atoms. The molecule has 104 valence electrons. The Labute approximate surface area is 108 Å². The third-order valence-corrected chi connectivity index (χ3v) is 2.42. The van der Waals surface area contributed by atoms with E-state index < -0.39 is 11.7 Å². The molecule has 0 saturated carbocycles. The number of rotatable bonds is 5. The smallest absolute Gasteiger partial charge is 0.411 e. The molecular formula is C13H23NO4. The fourth-order valence-electron chi connectivity index (χ4n) is 1.75. The van der Waals surface area contributed by atoms with Crippen LogP contribution in [0.4, 0.5) is 4.79 Å². The Bertz CT molecular complexity index is 307. The summed E-state index contributed by atoms with van der Waals surface area (Å²) in [4.78, 5) is 11.6. The zero-order valence-corrected chi connectivity index (χ0v) is 11.6. The van der Waals surface area contributed by atoms with Crippen molar-refractivity contribution in [1.82, 2.24) is 5.32 Å². The number of hydrogen-bond donors (Lipinski definition) is 1. The third kappa shape index (κ3) is 6.02. The molecule has 1 amide bonds. The number of ether oxygens (including phenoxy) is 3. The van der Waals surface area contributed by atoms with Crippen LogP contribution in [0, 0.1) is 5.92 Å². The van der Waals surface area contributed by atoms with Crippen LogP contribution in [0.1, 0.15) is 33.6 Å². The molecular weight excluding hydrogens is 234 g/mol. The molecule has 0 bridgehead atoms. The fraction of sp³-hybridized carbons (Fsp3) is 0.769. The quantitative estimate of drug-likeness (QED) is 0.607. The number of nitrogens with one attached hydrogen (secondary N) is 1. The number of amides is 1. The average molecular weight is 257 g/mol. The summed E-state index contributed by atoms with van der Waals surface area (Å²) >= 11 is 0. The average Bonchev–Trinajstić information content (AvgIpc) is 2.63. The van der Waals surface area contributed by atoms with E-state index in [1.807, 2.05) is 26.8 Å². The van der Waals surface area contributed by atoms with E-state index in [1.54, 1.807) is 7.11 Å². The number of alkyl carbamates (subject to hydrolysis) is 1. The van der Waals surface area contributed by atoms with Gasteiger partial charge < -0.3 is 14.2 Å².